The number of nitrogens with zero attached hydrogens (tertiary/aromatic N) is 3. The van der Waals surface area contributed by atoms with Crippen LogP contribution in [0.3, 0.4) is 0 Å². The molecule has 0 radical (unpaired) electrons. The fourth-order valence-electron chi connectivity index (χ4n) is 4.68. The number of ether oxygens (including phenoxy) is 1. The standard InChI is InChI=1S/C25H26N4O5/c1-13-18(25(32)28-10-8-19(30)14(28)2)12-29-23(13)20(7-9-27-29)34-16-5-6-17-21(11-16)33-15(3)22(17)24(31)26-4/h5-7,9,11-12,14,19,30H,8,10H2,1-4H3,(H,26,31). The molecule has 2 unspecified atom stereocenters. The molecule has 0 saturated carbocycles. The van der Waals surface area contributed by atoms with Crippen molar-refractivity contribution in [2.75, 3.05) is 13.6 Å². The first-order valence-corrected chi connectivity index (χ1v) is 11.2. The molecule has 1 fully saturated rings. The highest BCUT2D eigenvalue weighted by molar-refractivity contribution is 6.07. The van der Waals surface area contributed by atoms with Crippen molar-refractivity contribution in [2.24, 2.45) is 0 Å². The van der Waals surface area contributed by atoms with Gasteiger partial charge in [0.25, 0.3) is 11.8 Å². The number of fused-ring (bicyclic) bond motifs is 2. The summed E-state index contributed by atoms with van der Waals surface area (Å²) in [5, 5.41) is 17.8. The van der Waals surface area contributed by atoms with Crippen LogP contribution in [0.5, 0.6) is 11.5 Å². The van der Waals surface area contributed by atoms with Gasteiger partial charge in [0.1, 0.15) is 22.6 Å². The summed E-state index contributed by atoms with van der Waals surface area (Å²) >= 11 is 0. The van der Waals surface area contributed by atoms with E-state index in [0.717, 1.165) is 5.56 Å². The van der Waals surface area contributed by atoms with E-state index in [4.69, 9.17) is 9.15 Å². The Hall–Kier alpha value is -3.85. The van der Waals surface area contributed by atoms with Crippen LogP contribution in [-0.2, 0) is 0 Å². The molecule has 34 heavy (non-hydrogen) atoms. The number of benzene rings is 1. The minimum absolute atomic E-state index is 0.132. The van der Waals surface area contributed by atoms with Gasteiger partial charge in [-0.25, -0.2) is 4.52 Å². The largest absolute Gasteiger partial charge is 0.460 e. The van der Waals surface area contributed by atoms with E-state index in [1.54, 1.807) is 60.0 Å². The van der Waals surface area contributed by atoms with Crippen molar-refractivity contribution < 1.29 is 23.8 Å². The summed E-state index contributed by atoms with van der Waals surface area (Å²) in [7, 11) is 1.58. The van der Waals surface area contributed by atoms with Crippen LogP contribution in [0.25, 0.3) is 16.5 Å². The minimum atomic E-state index is -0.512. The fraction of sp³-hybridized carbons (Fsp3) is 0.320. The normalized spacial score (nSPS) is 18.1. The molecule has 2 atom stereocenters. The van der Waals surface area contributed by atoms with Crippen LogP contribution in [0.4, 0.5) is 0 Å². The Kier molecular flexibility index (Phi) is 5.28. The van der Waals surface area contributed by atoms with Gasteiger partial charge < -0.3 is 24.5 Å². The van der Waals surface area contributed by atoms with Crippen LogP contribution in [-0.4, -0.2) is 57.2 Å². The molecular formula is C25H26N4O5. The Labute approximate surface area is 195 Å². The van der Waals surface area contributed by atoms with Gasteiger partial charge in [0.15, 0.2) is 5.75 Å². The zero-order valence-corrected chi connectivity index (χ0v) is 19.5. The van der Waals surface area contributed by atoms with Gasteiger partial charge in [-0.3, -0.25) is 9.59 Å². The van der Waals surface area contributed by atoms with E-state index in [2.05, 4.69) is 10.4 Å². The molecule has 5 rings (SSSR count). The highest BCUT2D eigenvalue weighted by Gasteiger charge is 2.34. The summed E-state index contributed by atoms with van der Waals surface area (Å²) < 4.78 is 13.6. The molecule has 176 valence electrons. The Balaban J connectivity index is 1.51. The number of likely N-dealkylation sites (tertiary alicyclic amines) is 1. The lowest BCUT2D eigenvalue weighted by molar-refractivity contribution is 0.0666. The number of hydrogen-bond donors (Lipinski definition) is 2. The number of hydrogen-bond acceptors (Lipinski definition) is 6. The van der Waals surface area contributed by atoms with Crippen LogP contribution in [0.15, 0.2) is 41.1 Å². The first-order chi connectivity index (χ1) is 16.3. The number of aromatic nitrogens is 2. The van der Waals surface area contributed by atoms with E-state index in [1.165, 1.54) is 0 Å². The van der Waals surface area contributed by atoms with Gasteiger partial charge in [0.2, 0.25) is 0 Å². The van der Waals surface area contributed by atoms with Crippen molar-refractivity contribution in [1.82, 2.24) is 19.8 Å². The number of furan rings is 1. The van der Waals surface area contributed by atoms with Crippen molar-refractivity contribution in [1.29, 1.82) is 0 Å². The first kappa shape index (κ1) is 22.0. The van der Waals surface area contributed by atoms with E-state index >= 15 is 0 Å². The SMILES string of the molecule is CNC(=O)c1c(C)oc2cc(Oc3ccnn4cc(C(=O)N5CCC(O)C5C)c(C)c34)ccc12. The second kappa shape index (κ2) is 8.18. The Morgan fingerprint density at radius 1 is 1.26 bits per heavy atom. The number of rotatable bonds is 4. The average molecular weight is 463 g/mol. The third-order valence-electron chi connectivity index (χ3n) is 6.62. The molecule has 4 heterocycles. The van der Waals surface area contributed by atoms with Crippen LogP contribution < -0.4 is 10.1 Å². The highest BCUT2D eigenvalue weighted by atomic mass is 16.5. The molecule has 9 heteroatoms. The second-order valence-electron chi connectivity index (χ2n) is 8.62. The topological polar surface area (TPSA) is 109 Å². The van der Waals surface area contributed by atoms with Crippen molar-refractivity contribution in [2.45, 2.75) is 39.3 Å². The predicted octanol–water partition coefficient (Wildman–Crippen LogP) is 3.44. The summed E-state index contributed by atoms with van der Waals surface area (Å²) in [5.41, 5.74) is 3.00. The van der Waals surface area contributed by atoms with E-state index in [1.807, 2.05) is 13.8 Å². The molecule has 4 aromatic rings. The predicted molar refractivity (Wildman–Crippen MR) is 125 cm³/mol. The average Bonchev–Trinajstić information content (AvgIpc) is 3.45. The van der Waals surface area contributed by atoms with Crippen molar-refractivity contribution >= 4 is 28.3 Å². The molecule has 1 aromatic carbocycles. The van der Waals surface area contributed by atoms with E-state index in [0.29, 0.717) is 57.8 Å². The maximum atomic E-state index is 13.2. The van der Waals surface area contributed by atoms with Gasteiger partial charge in [-0.05, 0) is 44.9 Å². The lowest BCUT2D eigenvalue weighted by atomic mass is 10.1. The lowest BCUT2D eigenvalue weighted by Gasteiger charge is -2.22. The maximum Gasteiger partial charge on any atom is 0.256 e. The molecule has 9 nitrogen and oxygen atoms in total. The van der Waals surface area contributed by atoms with Crippen molar-refractivity contribution in [3.05, 3.63) is 59.1 Å². The quantitative estimate of drug-likeness (QED) is 0.481. The number of carbonyl (C=O) groups excluding carboxylic acids is 2. The smallest absolute Gasteiger partial charge is 0.256 e. The molecule has 0 aliphatic carbocycles. The third-order valence-corrected chi connectivity index (χ3v) is 6.62. The molecule has 1 aliphatic heterocycles. The summed E-state index contributed by atoms with van der Waals surface area (Å²) in [4.78, 5) is 27.1. The van der Waals surface area contributed by atoms with Gasteiger partial charge in [-0.1, -0.05) is 0 Å². The molecule has 3 aromatic heterocycles. The highest BCUT2D eigenvalue weighted by Crippen LogP contribution is 2.34. The molecular weight excluding hydrogens is 436 g/mol. The number of aliphatic hydroxyl groups excluding tert-OH is 1. The Morgan fingerprint density at radius 3 is 2.76 bits per heavy atom. The number of carbonyl (C=O) groups is 2. The van der Waals surface area contributed by atoms with Gasteiger partial charge in [-0.2, -0.15) is 5.10 Å². The maximum absolute atomic E-state index is 13.2. The minimum Gasteiger partial charge on any atom is -0.460 e. The summed E-state index contributed by atoms with van der Waals surface area (Å²) in [6.07, 6.45) is 3.37. The zero-order valence-electron chi connectivity index (χ0n) is 19.5. The Bertz CT molecular complexity index is 1440. The zero-order chi connectivity index (χ0) is 24.1. The number of nitrogens with one attached hydrogen (secondary N) is 1. The van der Waals surface area contributed by atoms with E-state index < -0.39 is 6.10 Å². The van der Waals surface area contributed by atoms with Gasteiger partial charge in [0.05, 0.1) is 29.5 Å². The monoisotopic (exact) mass is 462 g/mol. The molecule has 0 bridgehead atoms. The van der Waals surface area contributed by atoms with Crippen LogP contribution in [0.1, 0.15) is 45.4 Å². The molecule has 1 aliphatic rings. The first-order valence-electron chi connectivity index (χ1n) is 11.2. The molecule has 2 amide bonds. The number of aliphatic hydroxyl groups is 1. The number of aryl methyl sites for hydroxylation is 2. The lowest BCUT2D eigenvalue weighted by Crippen LogP contribution is -2.37. The van der Waals surface area contributed by atoms with Gasteiger partial charge in [0, 0.05) is 37.3 Å². The molecule has 0 spiro atoms. The van der Waals surface area contributed by atoms with Crippen molar-refractivity contribution in [3.8, 4) is 11.5 Å². The van der Waals surface area contributed by atoms with E-state index in [9.17, 15) is 14.7 Å². The summed E-state index contributed by atoms with van der Waals surface area (Å²) in [6.45, 7) is 5.99. The van der Waals surface area contributed by atoms with E-state index in [-0.39, 0.29) is 17.9 Å². The Morgan fingerprint density at radius 2 is 2.06 bits per heavy atom. The van der Waals surface area contributed by atoms with Crippen LogP contribution in [0, 0.1) is 13.8 Å². The second-order valence-corrected chi connectivity index (χ2v) is 8.62. The van der Waals surface area contributed by atoms with Gasteiger partial charge in [-0.15, -0.1) is 0 Å². The molecule has 1 saturated heterocycles. The van der Waals surface area contributed by atoms with Crippen LogP contribution >= 0.6 is 0 Å². The van der Waals surface area contributed by atoms with Crippen LogP contribution in [0.2, 0.25) is 0 Å². The summed E-state index contributed by atoms with van der Waals surface area (Å²) in [5.74, 6) is 1.26. The summed E-state index contributed by atoms with van der Waals surface area (Å²) in [6, 6.07) is 6.82. The number of amides is 2. The molecule has 2 N–H and O–H groups in total. The third kappa shape index (κ3) is 3.40. The van der Waals surface area contributed by atoms with Crippen molar-refractivity contribution in [3.63, 3.8) is 0 Å². The fourth-order valence-corrected chi connectivity index (χ4v) is 4.68. The van der Waals surface area contributed by atoms with Gasteiger partial charge >= 0.3 is 0 Å².